The largest absolute Gasteiger partial charge is 0.325 e. The summed E-state index contributed by atoms with van der Waals surface area (Å²) in [5.74, 6) is -0.541. The normalized spacial score (nSPS) is 19.2. The Kier molecular flexibility index (Phi) is 5.01. The predicted octanol–water partition coefficient (Wildman–Crippen LogP) is 4.35. The first kappa shape index (κ1) is 20.0. The Morgan fingerprint density at radius 1 is 1.10 bits per heavy atom. The number of hydrogen-bond donors (Lipinski definition) is 1. The lowest BCUT2D eigenvalue weighted by Crippen LogP contribution is -2.40. The fraction of sp³-hybridized carbons (Fsp3) is 0.318. The van der Waals surface area contributed by atoms with E-state index in [4.69, 9.17) is 0 Å². The van der Waals surface area contributed by atoms with Crippen LogP contribution >= 0.6 is 0 Å². The van der Waals surface area contributed by atoms with E-state index in [9.17, 15) is 18.4 Å². The van der Waals surface area contributed by atoms with Crippen molar-refractivity contribution in [3.8, 4) is 0 Å². The van der Waals surface area contributed by atoms with Crippen molar-refractivity contribution < 1.29 is 18.4 Å². The van der Waals surface area contributed by atoms with Gasteiger partial charge < -0.3 is 5.32 Å². The van der Waals surface area contributed by atoms with Crippen molar-refractivity contribution in [3.05, 3.63) is 65.5 Å². The Morgan fingerprint density at radius 3 is 2.47 bits per heavy atom. The summed E-state index contributed by atoms with van der Waals surface area (Å²) >= 11 is 0. The van der Waals surface area contributed by atoms with Crippen molar-refractivity contribution in [2.24, 2.45) is 0 Å². The number of imidazole rings is 1. The maximum Gasteiger partial charge on any atom is 0.325 e. The second-order valence-electron chi connectivity index (χ2n) is 7.56. The smallest absolute Gasteiger partial charge is 0.319 e. The van der Waals surface area contributed by atoms with E-state index in [1.165, 1.54) is 6.07 Å². The molecule has 1 N–H and O–H groups in total. The Morgan fingerprint density at radius 2 is 1.80 bits per heavy atom. The molecule has 30 heavy (non-hydrogen) atoms. The highest BCUT2D eigenvalue weighted by Gasteiger charge is 2.49. The Balaban J connectivity index is 1.65. The van der Waals surface area contributed by atoms with Gasteiger partial charge in [-0.2, -0.15) is 8.78 Å². The first-order valence-corrected chi connectivity index (χ1v) is 9.82. The number of aromatic nitrogens is 2. The Labute approximate surface area is 172 Å². The quantitative estimate of drug-likeness (QED) is 0.612. The van der Waals surface area contributed by atoms with Gasteiger partial charge in [0.15, 0.2) is 0 Å². The second kappa shape index (κ2) is 7.51. The van der Waals surface area contributed by atoms with Gasteiger partial charge in [0.25, 0.3) is 5.91 Å². The third kappa shape index (κ3) is 3.22. The maximum absolute atomic E-state index is 13.7. The number of amides is 3. The van der Waals surface area contributed by atoms with Gasteiger partial charge in [-0.15, -0.1) is 0 Å². The average molecular weight is 412 g/mol. The molecule has 1 fully saturated rings. The number of aryl methyl sites for hydroxylation is 1. The van der Waals surface area contributed by atoms with Crippen molar-refractivity contribution in [1.82, 2.24) is 19.8 Å². The number of nitrogens with one attached hydrogen (secondary N) is 1. The van der Waals surface area contributed by atoms with Crippen molar-refractivity contribution in [2.45, 2.75) is 45.3 Å². The minimum atomic E-state index is -2.84. The summed E-state index contributed by atoms with van der Waals surface area (Å²) in [5.41, 5.74) is 1.16. The highest BCUT2D eigenvalue weighted by molar-refractivity contribution is 6.07. The first-order valence-electron chi connectivity index (χ1n) is 9.82. The molecule has 0 aliphatic carbocycles. The lowest BCUT2D eigenvalue weighted by atomic mass is 9.91. The third-order valence-corrected chi connectivity index (χ3v) is 5.51. The molecule has 0 saturated carbocycles. The van der Waals surface area contributed by atoms with Crippen LogP contribution in [0.15, 0.2) is 48.5 Å². The fourth-order valence-electron chi connectivity index (χ4n) is 3.89. The minimum absolute atomic E-state index is 0.0442. The average Bonchev–Trinajstić information content (AvgIpc) is 3.19. The lowest BCUT2D eigenvalue weighted by Gasteiger charge is -2.22. The van der Waals surface area contributed by atoms with Crippen LogP contribution < -0.4 is 5.32 Å². The first-order chi connectivity index (χ1) is 14.3. The summed E-state index contributed by atoms with van der Waals surface area (Å²) in [6.07, 6.45) is 1.93. The zero-order chi connectivity index (χ0) is 21.5. The molecule has 1 aromatic heterocycles. The standard InChI is InChI=1S/C22H22F2N4O2/c1-3-6-14-9-11-15(12-10-14)22(2)19(29)27(21(30)26-22)13-18-25-16-7-4-5-8-17(16)28(18)20(23)24/h4-5,7-12,20H,3,6,13H2,1-2H3,(H,26,30)/t22-/m1/s1. The number of alkyl halides is 2. The van der Waals surface area contributed by atoms with E-state index in [0.717, 1.165) is 27.9 Å². The topological polar surface area (TPSA) is 67.2 Å². The van der Waals surface area contributed by atoms with E-state index < -0.39 is 24.0 Å². The Hall–Kier alpha value is -3.29. The number of carbonyl (C=O) groups excluding carboxylic acids is 2. The molecule has 2 aromatic carbocycles. The van der Waals surface area contributed by atoms with Crippen LogP contribution in [0.2, 0.25) is 0 Å². The van der Waals surface area contributed by atoms with Crippen LogP contribution in [0.5, 0.6) is 0 Å². The number of carbonyl (C=O) groups is 2. The van der Waals surface area contributed by atoms with E-state index in [1.807, 2.05) is 24.3 Å². The summed E-state index contributed by atoms with van der Waals surface area (Å²) in [5, 5.41) is 2.71. The monoisotopic (exact) mass is 412 g/mol. The van der Waals surface area contributed by atoms with Gasteiger partial charge in [-0.1, -0.05) is 49.7 Å². The van der Waals surface area contributed by atoms with Gasteiger partial charge in [0.1, 0.15) is 11.4 Å². The number of hydrogen-bond acceptors (Lipinski definition) is 3. The lowest BCUT2D eigenvalue weighted by molar-refractivity contribution is -0.131. The molecular formula is C22H22F2N4O2. The molecule has 6 nitrogen and oxygen atoms in total. The molecule has 156 valence electrons. The SMILES string of the molecule is CCCc1ccc([C@@]2(C)NC(=O)N(Cc3nc4ccccc4n3C(F)F)C2=O)cc1. The van der Waals surface area contributed by atoms with E-state index >= 15 is 0 Å². The van der Waals surface area contributed by atoms with Crippen LogP contribution in [-0.4, -0.2) is 26.4 Å². The number of para-hydroxylation sites is 2. The third-order valence-electron chi connectivity index (χ3n) is 5.51. The molecule has 3 amide bonds. The number of halogens is 2. The van der Waals surface area contributed by atoms with Crippen molar-refractivity contribution in [1.29, 1.82) is 0 Å². The summed E-state index contributed by atoms with van der Waals surface area (Å²) in [6.45, 7) is 0.525. The van der Waals surface area contributed by atoms with Crippen LogP contribution in [0.25, 0.3) is 11.0 Å². The fourth-order valence-corrected chi connectivity index (χ4v) is 3.89. The highest BCUT2D eigenvalue weighted by atomic mass is 19.3. The predicted molar refractivity (Wildman–Crippen MR) is 108 cm³/mol. The molecule has 3 aromatic rings. The van der Waals surface area contributed by atoms with Crippen LogP contribution in [0.4, 0.5) is 13.6 Å². The molecule has 0 radical (unpaired) electrons. The number of nitrogens with zero attached hydrogens (tertiary/aromatic N) is 3. The van der Waals surface area contributed by atoms with E-state index in [0.29, 0.717) is 11.1 Å². The van der Waals surface area contributed by atoms with Crippen molar-refractivity contribution in [3.63, 3.8) is 0 Å². The Bertz CT molecular complexity index is 1110. The summed E-state index contributed by atoms with van der Waals surface area (Å²) < 4.78 is 28.1. The summed E-state index contributed by atoms with van der Waals surface area (Å²) in [4.78, 5) is 31.0. The van der Waals surface area contributed by atoms with Crippen LogP contribution in [0.1, 0.15) is 43.8 Å². The van der Waals surface area contributed by atoms with E-state index in [1.54, 1.807) is 25.1 Å². The molecule has 1 saturated heterocycles. The van der Waals surface area contributed by atoms with Crippen LogP contribution in [0.3, 0.4) is 0 Å². The molecule has 2 heterocycles. The molecule has 0 bridgehead atoms. The van der Waals surface area contributed by atoms with Crippen LogP contribution in [0, 0.1) is 0 Å². The van der Waals surface area contributed by atoms with Gasteiger partial charge in [0, 0.05) is 0 Å². The maximum atomic E-state index is 13.7. The molecule has 0 unspecified atom stereocenters. The number of fused-ring (bicyclic) bond motifs is 1. The second-order valence-corrected chi connectivity index (χ2v) is 7.56. The van der Waals surface area contributed by atoms with Gasteiger partial charge in [-0.3, -0.25) is 14.3 Å². The van der Waals surface area contributed by atoms with E-state index in [-0.39, 0.29) is 17.9 Å². The molecule has 8 heteroatoms. The minimum Gasteiger partial charge on any atom is -0.319 e. The van der Waals surface area contributed by atoms with Gasteiger partial charge in [0.2, 0.25) is 0 Å². The molecular weight excluding hydrogens is 390 g/mol. The molecule has 1 aliphatic heterocycles. The number of benzene rings is 2. The van der Waals surface area contributed by atoms with Gasteiger partial charge >= 0.3 is 12.6 Å². The number of rotatable bonds is 6. The van der Waals surface area contributed by atoms with Gasteiger partial charge in [-0.05, 0) is 36.6 Å². The summed E-state index contributed by atoms with van der Waals surface area (Å²) in [6, 6.07) is 13.4. The van der Waals surface area contributed by atoms with Crippen LogP contribution in [-0.2, 0) is 23.3 Å². The number of imide groups is 1. The van der Waals surface area contributed by atoms with E-state index in [2.05, 4.69) is 17.2 Å². The molecule has 0 spiro atoms. The van der Waals surface area contributed by atoms with Gasteiger partial charge in [-0.25, -0.2) is 9.78 Å². The number of urea groups is 1. The molecule has 4 rings (SSSR count). The highest BCUT2D eigenvalue weighted by Crippen LogP contribution is 2.31. The van der Waals surface area contributed by atoms with Crippen molar-refractivity contribution in [2.75, 3.05) is 0 Å². The zero-order valence-electron chi connectivity index (χ0n) is 16.7. The zero-order valence-corrected chi connectivity index (χ0v) is 16.7. The molecule has 1 aliphatic rings. The van der Waals surface area contributed by atoms with Gasteiger partial charge in [0.05, 0.1) is 17.6 Å². The molecule has 1 atom stereocenters. The van der Waals surface area contributed by atoms with Crippen molar-refractivity contribution >= 4 is 23.0 Å². The summed E-state index contributed by atoms with van der Waals surface area (Å²) in [7, 11) is 0.